The average Bonchev–Trinajstić information content (AvgIpc) is 2.26. The average molecular weight is 233 g/mol. The Morgan fingerprint density at radius 3 is 2.29 bits per heavy atom. The van der Waals surface area contributed by atoms with Crippen LogP contribution in [0.15, 0.2) is 35.3 Å². The zero-order valence-corrected chi connectivity index (χ0v) is 10.9. The molecule has 1 rings (SSSR count). The maximum absolute atomic E-state index is 11.5. The highest BCUT2D eigenvalue weighted by Crippen LogP contribution is 2.22. The van der Waals surface area contributed by atoms with Crippen molar-refractivity contribution in [1.82, 2.24) is 0 Å². The summed E-state index contributed by atoms with van der Waals surface area (Å²) in [7, 11) is 0. The highest BCUT2D eigenvalue weighted by Gasteiger charge is 2.22. The summed E-state index contributed by atoms with van der Waals surface area (Å²) in [6.45, 7) is 8.19. The Kier molecular flexibility index (Phi) is 4.44. The highest BCUT2D eigenvalue weighted by molar-refractivity contribution is 6.08. The maximum atomic E-state index is 11.5. The molecule has 0 saturated heterocycles. The van der Waals surface area contributed by atoms with Gasteiger partial charge in [-0.1, -0.05) is 51.1 Å². The first-order chi connectivity index (χ1) is 7.95. The zero-order valence-electron chi connectivity index (χ0n) is 10.9. The summed E-state index contributed by atoms with van der Waals surface area (Å²) in [5.74, 6) is 0. The van der Waals surface area contributed by atoms with Crippen molar-refractivity contribution in [3.05, 3.63) is 35.9 Å². The third-order valence-corrected chi connectivity index (χ3v) is 2.23. The van der Waals surface area contributed by atoms with Crippen molar-refractivity contribution in [1.29, 1.82) is 0 Å². The Morgan fingerprint density at radius 1 is 1.24 bits per heavy atom. The van der Waals surface area contributed by atoms with Gasteiger partial charge in [0, 0.05) is 5.41 Å². The van der Waals surface area contributed by atoms with Gasteiger partial charge in [-0.05, 0) is 12.5 Å². The number of ether oxygens (including phenoxy) is 1. The van der Waals surface area contributed by atoms with Gasteiger partial charge in [0.25, 0.3) is 0 Å². The van der Waals surface area contributed by atoms with Crippen LogP contribution in [0.5, 0.6) is 0 Å². The lowest BCUT2D eigenvalue weighted by molar-refractivity contribution is 0.163. The van der Waals surface area contributed by atoms with Gasteiger partial charge in [0.2, 0.25) is 0 Å². The van der Waals surface area contributed by atoms with E-state index in [4.69, 9.17) is 4.74 Å². The van der Waals surface area contributed by atoms with Crippen LogP contribution in [0, 0.1) is 5.41 Å². The molecule has 0 aromatic heterocycles. The van der Waals surface area contributed by atoms with Gasteiger partial charge in [0.1, 0.15) is 0 Å². The van der Waals surface area contributed by atoms with Crippen LogP contribution in [-0.2, 0) is 4.74 Å². The molecule has 3 heteroatoms. The van der Waals surface area contributed by atoms with E-state index in [0.29, 0.717) is 6.61 Å². The van der Waals surface area contributed by atoms with Crippen LogP contribution in [-0.4, -0.2) is 18.4 Å². The quantitative estimate of drug-likeness (QED) is 0.731. The molecule has 0 aliphatic rings. The van der Waals surface area contributed by atoms with E-state index in [1.54, 1.807) is 6.92 Å². The number of nitrogens with zero attached hydrogens (tertiary/aromatic N) is 1. The SMILES string of the molecule is CCOC(=O)/N=C(\c1ccccc1)C(C)(C)C. The van der Waals surface area contributed by atoms with Crippen molar-refractivity contribution in [2.24, 2.45) is 10.4 Å². The van der Waals surface area contributed by atoms with E-state index < -0.39 is 6.09 Å². The smallest absolute Gasteiger partial charge is 0.433 e. The van der Waals surface area contributed by atoms with E-state index in [-0.39, 0.29) is 5.41 Å². The summed E-state index contributed by atoms with van der Waals surface area (Å²) in [5.41, 5.74) is 1.50. The van der Waals surface area contributed by atoms with Crippen molar-refractivity contribution < 1.29 is 9.53 Å². The van der Waals surface area contributed by atoms with E-state index >= 15 is 0 Å². The molecule has 0 unspecified atom stereocenters. The molecule has 0 aliphatic heterocycles. The van der Waals surface area contributed by atoms with Gasteiger partial charge in [-0.2, -0.15) is 4.99 Å². The number of benzene rings is 1. The summed E-state index contributed by atoms with van der Waals surface area (Å²) in [4.78, 5) is 15.5. The second-order valence-corrected chi connectivity index (χ2v) is 4.78. The van der Waals surface area contributed by atoms with Gasteiger partial charge in [-0.3, -0.25) is 0 Å². The molecule has 0 N–H and O–H groups in total. The van der Waals surface area contributed by atoms with Crippen LogP contribution >= 0.6 is 0 Å². The summed E-state index contributed by atoms with van der Waals surface area (Å²) in [5, 5.41) is 0. The van der Waals surface area contributed by atoms with Crippen molar-refractivity contribution in [3.63, 3.8) is 0 Å². The van der Waals surface area contributed by atoms with E-state index in [1.807, 2.05) is 51.1 Å². The molecule has 0 spiro atoms. The minimum atomic E-state index is -0.527. The van der Waals surface area contributed by atoms with Crippen molar-refractivity contribution in [3.8, 4) is 0 Å². The summed E-state index contributed by atoms with van der Waals surface area (Å²) in [6.07, 6.45) is -0.527. The van der Waals surface area contributed by atoms with Gasteiger partial charge < -0.3 is 4.74 Å². The van der Waals surface area contributed by atoms with Crippen LogP contribution in [0.2, 0.25) is 0 Å². The number of carbonyl (C=O) groups excluding carboxylic acids is 1. The fraction of sp³-hybridized carbons (Fsp3) is 0.429. The fourth-order valence-electron chi connectivity index (χ4n) is 1.51. The van der Waals surface area contributed by atoms with Crippen molar-refractivity contribution in [2.45, 2.75) is 27.7 Å². The van der Waals surface area contributed by atoms with Gasteiger partial charge in [-0.25, -0.2) is 4.79 Å². The van der Waals surface area contributed by atoms with Crippen LogP contribution in [0.25, 0.3) is 0 Å². The van der Waals surface area contributed by atoms with Gasteiger partial charge in [0.05, 0.1) is 12.3 Å². The monoisotopic (exact) mass is 233 g/mol. The van der Waals surface area contributed by atoms with Crippen LogP contribution in [0.3, 0.4) is 0 Å². The number of hydrogen-bond acceptors (Lipinski definition) is 2. The molecule has 17 heavy (non-hydrogen) atoms. The first kappa shape index (κ1) is 13.4. The predicted octanol–water partition coefficient (Wildman–Crippen LogP) is 3.68. The first-order valence-corrected chi connectivity index (χ1v) is 5.76. The molecule has 92 valence electrons. The molecule has 0 atom stereocenters. The number of aliphatic imine (C=N–C) groups is 1. The Balaban J connectivity index is 3.10. The molecule has 1 aromatic carbocycles. The first-order valence-electron chi connectivity index (χ1n) is 5.76. The standard InChI is InChI=1S/C14H19NO2/c1-5-17-13(16)15-12(14(2,3)4)11-9-7-6-8-10-11/h6-10H,5H2,1-4H3/b15-12+. The Labute approximate surface area is 103 Å². The van der Waals surface area contributed by atoms with E-state index in [1.165, 1.54) is 0 Å². The molecule has 0 bridgehead atoms. The lowest BCUT2D eigenvalue weighted by Crippen LogP contribution is -2.23. The van der Waals surface area contributed by atoms with E-state index in [0.717, 1.165) is 11.3 Å². The molecule has 0 saturated carbocycles. The molecule has 3 nitrogen and oxygen atoms in total. The molecule has 0 fully saturated rings. The van der Waals surface area contributed by atoms with Crippen molar-refractivity contribution >= 4 is 11.8 Å². The van der Waals surface area contributed by atoms with Crippen LogP contribution in [0.1, 0.15) is 33.3 Å². The fourth-order valence-corrected chi connectivity index (χ4v) is 1.51. The maximum Gasteiger partial charge on any atom is 0.433 e. The normalized spacial score (nSPS) is 12.4. The molecular weight excluding hydrogens is 214 g/mol. The largest absolute Gasteiger partial charge is 0.448 e. The number of hydrogen-bond donors (Lipinski definition) is 0. The number of amides is 1. The molecule has 0 aliphatic carbocycles. The predicted molar refractivity (Wildman–Crippen MR) is 69.5 cm³/mol. The highest BCUT2D eigenvalue weighted by atomic mass is 16.5. The molecular formula is C14H19NO2. The summed E-state index contributed by atoms with van der Waals surface area (Å²) in [6, 6.07) is 9.70. The lowest BCUT2D eigenvalue weighted by atomic mass is 9.85. The second kappa shape index (κ2) is 5.62. The number of carbonyl (C=O) groups is 1. The number of rotatable bonds is 2. The molecule has 0 heterocycles. The minimum Gasteiger partial charge on any atom is -0.448 e. The minimum absolute atomic E-state index is 0.200. The van der Waals surface area contributed by atoms with Crippen molar-refractivity contribution in [2.75, 3.05) is 6.61 Å². The van der Waals surface area contributed by atoms with Gasteiger partial charge in [-0.15, -0.1) is 0 Å². The summed E-state index contributed by atoms with van der Waals surface area (Å²) < 4.78 is 4.86. The molecule has 0 radical (unpaired) electrons. The summed E-state index contributed by atoms with van der Waals surface area (Å²) >= 11 is 0. The Morgan fingerprint density at radius 2 is 1.82 bits per heavy atom. The Bertz CT molecular complexity index is 402. The zero-order chi connectivity index (χ0) is 12.9. The van der Waals surface area contributed by atoms with Gasteiger partial charge in [0.15, 0.2) is 0 Å². The van der Waals surface area contributed by atoms with Gasteiger partial charge >= 0.3 is 6.09 Å². The topological polar surface area (TPSA) is 38.7 Å². The second-order valence-electron chi connectivity index (χ2n) is 4.78. The lowest BCUT2D eigenvalue weighted by Gasteiger charge is -2.21. The Hall–Kier alpha value is -1.64. The molecule has 1 amide bonds. The van der Waals surface area contributed by atoms with Crippen LogP contribution in [0.4, 0.5) is 4.79 Å². The molecule has 1 aromatic rings. The van der Waals surface area contributed by atoms with E-state index in [9.17, 15) is 4.79 Å². The third kappa shape index (κ3) is 4.02. The van der Waals surface area contributed by atoms with Crippen LogP contribution < -0.4 is 0 Å². The third-order valence-electron chi connectivity index (χ3n) is 2.23. The van der Waals surface area contributed by atoms with E-state index in [2.05, 4.69) is 4.99 Å².